The Hall–Kier alpha value is -4.29. The standard InChI is InChI=1S/C29H34N8O3S/c1-16-13-22(35-26(39)19(30)14-17-15-34-20-8-3-2-7-18(17)20)28(40)37(16)23(10-6-12-33-29(31)32)25(38)27-36-21-9-4-5-11-24(21)41-27/h2-5,7-9,11,15-16,19,22-23,34H,6,10,12-14,30H2,1H3,(H,35,39)(H4,31,32,33)/t16?,19-,22-,23-/m0/s1. The summed E-state index contributed by atoms with van der Waals surface area (Å²) in [6.07, 6.45) is 3.38. The lowest BCUT2D eigenvalue weighted by Gasteiger charge is -2.30. The topological polar surface area (TPSA) is 183 Å². The van der Waals surface area contributed by atoms with Crippen molar-refractivity contribution in [1.29, 1.82) is 5.41 Å². The maximum Gasteiger partial charge on any atom is 0.246 e. The molecule has 0 radical (unpaired) electrons. The Labute approximate surface area is 241 Å². The molecule has 2 aromatic carbocycles. The maximum atomic E-state index is 13.8. The van der Waals surface area contributed by atoms with Crippen LogP contribution in [0.25, 0.3) is 21.1 Å². The zero-order valence-corrected chi connectivity index (χ0v) is 23.5. The van der Waals surface area contributed by atoms with Crippen molar-refractivity contribution in [1.82, 2.24) is 25.5 Å². The first kappa shape index (κ1) is 28.2. The van der Waals surface area contributed by atoms with E-state index in [1.54, 1.807) is 4.90 Å². The third kappa shape index (κ3) is 6.08. The quantitative estimate of drug-likeness (QED) is 0.0687. The lowest BCUT2D eigenvalue weighted by Crippen LogP contribution is -2.51. The van der Waals surface area contributed by atoms with Gasteiger partial charge in [0, 0.05) is 29.7 Å². The van der Waals surface area contributed by atoms with Gasteiger partial charge in [0.1, 0.15) is 6.04 Å². The smallest absolute Gasteiger partial charge is 0.246 e. The third-order valence-electron chi connectivity index (χ3n) is 7.49. The molecule has 12 heteroatoms. The number of carbonyl (C=O) groups excluding carboxylic acids is 3. The summed E-state index contributed by atoms with van der Waals surface area (Å²) in [6, 6.07) is 12.6. The van der Waals surface area contributed by atoms with Gasteiger partial charge in [-0.15, -0.1) is 11.3 Å². The number of rotatable bonds is 11. The van der Waals surface area contributed by atoms with Gasteiger partial charge in [-0.05, 0) is 56.4 Å². The first-order valence-electron chi connectivity index (χ1n) is 13.6. The second-order valence-electron chi connectivity index (χ2n) is 10.4. The van der Waals surface area contributed by atoms with Crippen molar-refractivity contribution >= 4 is 56.0 Å². The number of hydrogen-bond acceptors (Lipinski definition) is 7. The summed E-state index contributed by atoms with van der Waals surface area (Å²) < 4.78 is 0.892. The van der Waals surface area contributed by atoms with E-state index < -0.39 is 24.0 Å². The summed E-state index contributed by atoms with van der Waals surface area (Å²) in [5, 5.41) is 14.3. The van der Waals surface area contributed by atoms with E-state index in [0.29, 0.717) is 37.2 Å². The Bertz CT molecular complexity index is 1560. The van der Waals surface area contributed by atoms with Crippen molar-refractivity contribution in [2.75, 3.05) is 6.54 Å². The monoisotopic (exact) mass is 574 g/mol. The van der Waals surface area contributed by atoms with Gasteiger partial charge in [-0.25, -0.2) is 4.98 Å². The molecular weight excluding hydrogens is 540 g/mol. The van der Waals surface area contributed by atoms with Gasteiger partial charge in [0.15, 0.2) is 11.0 Å². The molecule has 1 aliphatic rings. The number of ketones is 1. The summed E-state index contributed by atoms with van der Waals surface area (Å²) in [7, 11) is 0. The van der Waals surface area contributed by atoms with Crippen molar-refractivity contribution in [3.8, 4) is 0 Å². The zero-order chi connectivity index (χ0) is 29.1. The van der Waals surface area contributed by atoms with E-state index in [-0.39, 0.29) is 23.7 Å². The summed E-state index contributed by atoms with van der Waals surface area (Å²) in [5.74, 6) is -1.12. The van der Waals surface area contributed by atoms with Crippen LogP contribution in [0.4, 0.5) is 0 Å². The predicted octanol–water partition coefficient (Wildman–Crippen LogP) is 2.27. The number of aromatic nitrogens is 2. The molecule has 214 valence electrons. The molecule has 1 saturated heterocycles. The average Bonchev–Trinajstić information content (AvgIpc) is 3.64. The lowest BCUT2D eigenvalue weighted by molar-refractivity contribution is -0.134. The number of hydrogen-bond donors (Lipinski definition) is 6. The Kier molecular flexibility index (Phi) is 8.31. The van der Waals surface area contributed by atoms with Crippen molar-refractivity contribution in [3.05, 3.63) is 65.3 Å². The van der Waals surface area contributed by atoms with Crippen molar-refractivity contribution in [3.63, 3.8) is 0 Å². The molecule has 8 N–H and O–H groups in total. The number of carbonyl (C=O) groups is 3. The molecule has 2 aromatic heterocycles. The van der Waals surface area contributed by atoms with Gasteiger partial charge in [0.05, 0.1) is 22.3 Å². The van der Waals surface area contributed by atoms with Crippen LogP contribution < -0.4 is 22.1 Å². The van der Waals surface area contributed by atoms with Gasteiger partial charge >= 0.3 is 0 Å². The van der Waals surface area contributed by atoms with Gasteiger partial charge in [0.25, 0.3) is 0 Å². The Morgan fingerprint density at radius 3 is 2.76 bits per heavy atom. The highest BCUT2D eigenvalue weighted by Crippen LogP contribution is 2.29. The van der Waals surface area contributed by atoms with Crippen LogP contribution in [0.15, 0.2) is 54.7 Å². The fourth-order valence-electron chi connectivity index (χ4n) is 5.48. The molecule has 3 heterocycles. The van der Waals surface area contributed by atoms with Gasteiger partial charge in [-0.2, -0.15) is 0 Å². The molecular formula is C29H34N8O3S. The number of amides is 2. The number of nitrogens with one attached hydrogen (secondary N) is 4. The van der Waals surface area contributed by atoms with Crippen molar-refractivity contribution in [2.45, 2.75) is 56.8 Å². The fourth-order valence-corrected chi connectivity index (χ4v) is 6.43. The van der Waals surface area contributed by atoms with E-state index >= 15 is 0 Å². The van der Waals surface area contributed by atoms with Gasteiger partial charge < -0.3 is 32.0 Å². The van der Waals surface area contributed by atoms with Crippen LogP contribution >= 0.6 is 11.3 Å². The number of nitrogens with two attached hydrogens (primary N) is 2. The molecule has 1 fully saturated rings. The van der Waals surface area contributed by atoms with E-state index in [2.05, 4.69) is 20.6 Å². The van der Waals surface area contributed by atoms with Crippen molar-refractivity contribution < 1.29 is 14.4 Å². The molecule has 2 amide bonds. The molecule has 4 aromatic rings. The van der Waals surface area contributed by atoms with Crippen LogP contribution in [-0.2, 0) is 16.0 Å². The van der Waals surface area contributed by atoms with E-state index in [0.717, 1.165) is 26.7 Å². The highest BCUT2D eigenvalue weighted by atomic mass is 32.1. The normalized spacial score (nSPS) is 18.5. The minimum absolute atomic E-state index is 0.156. The molecule has 11 nitrogen and oxygen atoms in total. The Morgan fingerprint density at radius 1 is 1.22 bits per heavy atom. The number of nitrogens with zero attached hydrogens (tertiary/aromatic N) is 2. The SMILES string of the molecule is CC1C[C@H](NC(=O)[C@@H](N)Cc2c[nH]c3ccccc23)C(=O)N1[C@@H](CCCNC(=N)N)C(=O)c1nc2ccccc2s1. The summed E-state index contributed by atoms with van der Waals surface area (Å²) in [6.45, 7) is 2.26. The van der Waals surface area contributed by atoms with Gasteiger partial charge in [0.2, 0.25) is 17.6 Å². The number of thiazole rings is 1. The molecule has 5 rings (SSSR count). The second-order valence-corrected chi connectivity index (χ2v) is 11.4. The van der Waals surface area contributed by atoms with E-state index in [4.69, 9.17) is 16.9 Å². The number of aromatic amines is 1. The summed E-state index contributed by atoms with van der Waals surface area (Å²) >= 11 is 1.30. The molecule has 1 unspecified atom stereocenters. The van der Waals surface area contributed by atoms with Crippen LogP contribution in [0.5, 0.6) is 0 Å². The number of guanidine groups is 1. The zero-order valence-electron chi connectivity index (χ0n) is 22.7. The minimum Gasteiger partial charge on any atom is -0.370 e. The summed E-state index contributed by atoms with van der Waals surface area (Å²) in [5.41, 5.74) is 14.3. The Balaban J connectivity index is 1.30. The molecule has 0 aliphatic carbocycles. The average molecular weight is 575 g/mol. The van der Waals surface area contributed by atoms with E-state index in [9.17, 15) is 14.4 Å². The van der Waals surface area contributed by atoms with E-state index in [1.807, 2.05) is 61.7 Å². The van der Waals surface area contributed by atoms with Gasteiger partial charge in [-0.1, -0.05) is 30.3 Å². The van der Waals surface area contributed by atoms with E-state index in [1.165, 1.54) is 11.3 Å². The second kappa shape index (κ2) is 12.1. The first-order chi connectivity index (χ1) is 19.7. The summed E-state index contributed by atoms with van der Waals surface area (Å²) in [4.78, 5) is 49.9. The predicted molar refractivity (Wildman–Crippen MR) is 160 cm³/mol. The maximum absolute atomic E-state index is 13.8. The van der Waals surface area contributed by atoms with Crippen LogP contribution in [0.1, 0.15) is 41.6 Å². The van der Waals surface area contributed by atoms with Crippen LogP contribution in [-0.4, -0.2) is 69.1 Å². The third-order valence-corrected chi connectivity index (χ3v) is 8.54. The van der Waals surface area contributed by atoms with Crippen LogP contribution in [0.3, 0.4) is 0 Å². The number of Topliss-reactive ketones (excluding diaryl/α,β-unsaturated/α-hetero) is 1. The number of H-pyrrole nitrogens is 1. The number of likely N-dealkylation sites (tertiary alicyclic amines) is 1. The Morgan fingerprint density at radius 2 is 1.98 bits per heavy atom. The molecule has 41 heavy (non-hydrogen) atoms. The minimum atomic E-state index is -0.843. The molecule has 0 bridgehead atoms. The molecule has 0 spiro atoms. The highest BCUT2D eigenvalue weighted by molar-refractivity contribution is 7.20. The molecule has 4 atom stereocenters. The van der Waals surface area contributed by atoms with Crippen molar-refractivity contribution in [2.24, 2.45) is 11.5 Å². The largest absolute Gasteiger partial charge is 0.370 e. The highest BCUT2D eigenvalue weighted by Gasteiger charge is 2.44. The van der Waals surface area contributed by atoms with Gasteiger partial charge in [-0.3, -0.25) is 19.8 Å². The lowest BCUT2D eigenvalue weighted by atomic mass is 10.0. The molecule has 0 saturated carbocycles. The number of fused-ring (bicyclic) bond motifs is 2. The molecule has 1 aliphatic heterocycles. The first-order valence-corrected chi connectivity index (χ1v) is 14.5. The fraction of sp³-hybridized carbons (Fsp3) is 0.345. The number of benzene rings is 2. The number of para-hydroxylation sites is 2. The van der Waals surface area contributed by atoms with Crippen LogP contribution in [0.2, 0.25) is 0 Å². The van der Waals surface area contributed by atoms with Crippen LogP contribution in [0, 0.1) is 5.41 Å².